The molecule has 1 aliphatic heterocycles. The average molecular weight is 575 g/mol. The Hall–Kier alpha value is -4.54. The van der Waals surface area contributed by atoms with Crippen molar-refractivity contribution in [2.24, 2.45) is 0 Å². The van der Waals surface area contributed by atoms with Gasteiger partial charge in [-0.05, 0) is 50.3 Å². The number of anilines is 3. The fourth-order valence-corrected chi connectivity index (χ4v) is 4.94. The molecule has 5 rings (SSSR count). The van der Waals surface area contributed by atoms with Gasteiger partial charge in [0.2, 0.25) is 5.91 Å². The second-order valence-electron chi connectivity index (χ2n) is 10.7. The number of carbonyl (C=O) groups excluding carboxylic acids is 3. The number of methoxy groups -OCH3 is 1. The summed E-state index contributed by atoms with van der Waals surface area (Å²) in [6, 6.07) is 11.4. The molecule has 42 heavy (non-hydrogen) atoms. The smallest absolute Gasteiger partial charge is 0.277 e. The van der Waals surface area contributed by atoms with E-state index < -0.39 is 5.91 Å². The maximum absolute atomic E-state index is 13.2. The van der Waals surface area contributed by atoms with Crippen LogP contribution in [0.25, 0.3) is 0 Å². The molecule has 0 spiro atoms. The Morgan fingerprint density at radius 2 is 1.83 bits per heavy atom. The largest absolute Gasteiger partial charge is 0.496 e. The Kier molecular flexibility index (Phi) is 9.25. The number of hydrogen-bond acceptors (Lipinski definition) is 8. The molecule has 0 unspecified atom stereocenters. The second kappa shape index (κ2) is 13.4. The van der Waals surface area contributed by atoms with Crippen molar-refractivity contribution in [3.8, 4) is 5.75 Å². The van der Waals surface area contributed by atoms with E-state index in [9.17, 15) is 14.4 Å². The fourth-order valence-electron chi connectivity index (χ4n) is 4.94. The van der Waals surface area contributed by atoms with Gasteiger partial charge in [0.25, 0.3) is 11.8 Å². The van der Waals surface area contributed by atoms with Crippen LogP contribution in [0.3, 0.4) is 0 Å². The molecule has 2 aliphatic rings. The van der Waals surface area contributed by atoms with Gasteiger partial charge < -0.3 is 35.3 Å². The molecular weight excluding hydrogens is 536 g/mol. The van der Waals surface area contributed by atoms with Crippen molar-refractivity contribution in [3.05, 3.63) is 65.4 Å². The van der Waals surface area contributed by atoms with Crippen LogP contribution in [0.5, 0.6) is 5.75 Å². The highest BCUT2D eigenvalue weighted by atomic mass is 16.5. The van der Waals surface area contributed by atoms with Gasteiger partial charge in [0.1, 0.15) is 12.0 Å². The zero-order valence-corrected chi connectivity index (χ0v) is 24.1. The lowest BCUT2D eigenvalue weighted by Crippen LogP contribution is -2.31. The predicted octanol–water partition coefficient (Wildman–Crippen LogP) is 4.39. The number of likely N-dealkylation sites (tertiary alicyclic amines) is 1. The van der Waals surface area contributed by atoms with E-state index in [-0.39, 0.29) is 29.0 Å². The number of oxazole rings is 1. The summed E-state index contributed by atoms with van der Waals surface area (Å²) in [5, 5.41) is 12.6. The summed E-state index contributed by atoms with van der Waals surface area (Å²) < 4.78 is 11.1. The molecule has 1 saturated carbocycles. The Morgan fingerprint density at radius 3 is 2.55 bits per heavy atom. The molecule has 3 amide bonds. The molecular formula is C31H38N6O5. The maximum Gasteiger partial charge on any atom is 0.277 e. The van der Waals surface area contributed by atoms with Crippen molar-refractivity contribution in [3.63, 3.8) is 0 Å². The summed E-state index contributed by atoms with van der Waals surface area (Å²) in [6.45, 7) is 4.99. The summed E-state index contributed by atoms with van der Waals surface area (Å²) in [4.78, 5) is 44.4. The van der Waals surface area contributed by atoms with Gasteiger partial charge in [-0.1, -0.05) is 18.2 Å². The standard InChI is InChI=1S/C31H38N6O5/c1-20-7-3-4-8-23(20)32-13-14-33-24-18-27(41-2)22(29(39)34-12-6-16-37-15-5-9-28(37)38)17-25(24)35-30(40)26-19-42-31(36-26)21-10-11-21/h3-4,7-8,17-19,21,32-33H,5-6,9-16H2,1-2H3,(H,34,39)(H,35,40). The Balaban J connectivity index is 1.28. The molecule has 2 aromatic carbocycles. The van der Waals surface area contributed by atoms with E-state index in [1.807, 2.05) is 36.1 Å². The van der Waals surface area contributed by atoms with Crippen LogP contribution in [-0.4, -0.2) is 67.4 Å². The molecule has 11 nitrogen and oxygen atoms in total. The molecule has 0 atom stereocenters. The summed E-state index contributed by atoms with van der Waals surface area (Å²) in [6.07, 6.45) is 5.51. The van der Waals surface area contributed by atoms with Crippen molar-refractivity contribution >= 4 is 34.8 Å². The van der Waals surface area contributed by atoms with E-state index in [1.165, 1.54) is 13.4 Å². The number of rotatable bonds is 14. The van der Waals surface area contributed by atoms with Gasteiger partial charge in [-0.2, -0.15) is 0 Å². The fraction of sp³-hybridized carbons (Fsp3) is 0.419. The minimum absolute atomic E-state index is 0.164. The van der Waals surface area contributed by atoms with E-state index in [0.29, 0.717) is 62.0 Å². The van der Waals surface area contributed by atoms with Crippen molar-refractivity contribution in [1.29, 1.82) is 0 Å². The number of aryl methyl sites for hydroxylation is 1. The number of amides is 3. The van der Waals surface area contributed by atoms with Crippen LogP contribution in [0.4, 0.5) is 17.1 Å². The first-order valence-corrected chi connectivity index (χ1v) is 14.5. The number of para-hydroxylation sites is 1. The molecule has 4 N–H and O–H groups in total. The number of aromatic nitrogens is 1. The number of ether oxygens (including phenoxy) is 1. The second-order valence-corrected chi connectivity index (χ2v) is 10.7. The highest BCUT2D eigenvalue weighted by molar-refractivity contribution is 6.06. The Bertz CT molecular complexity index is 1430. The number of carbonyl (C=O) groups is 3. The van der Waals surface area contributed by atoms with E-state index in [0.717, 1.165) is 37.1 Å². The van der Waals surface area contributed by atoms with Crippen LogP contribution >= 0.6 is 0 Å². The van der Waals surface area contributed by atoms with Crippen LogP contribution in [0.15, 0.2) is 47.1 Å². The molecule has 0 radical (unpaired) electrons. The summed E-state index contributed by atoms with van der Waals surface area (Å²) in [7, 11) is 1.50. The van der Waals surface area contributed by atoms with Crippen molar-refractivity contribution in [2.45, 2.75) is 44.9 Å². The minimum atomic E-state index is -0.432. The first-order valence-electron chi connectivity index (χ1n) is 14.5. The maximum atomic E-state index is 13.2. The van der Waals surface area contributed by atoms with E-state index in [2.05, 4.69) is 26.3 Å². The first kappa shape index (κ1) is 29.0. The lowest BCUT2D eigenvalue weighted by molar-refractivity contribution is -0.127. The van der Waals surface area contributed by atoms with Crippen molar-refractivity contribution in [1.82, 2.24) is 15.2 Å². The van der Waals surface area contributed by atoms with Gasteiger partial charge in [0, 0.05) is 56.8 Å². The molecule has 3 aromatic rings. The van der Waals surface area contributed by atoms with E-state index in [4.69, 9.17) is 9.15 Å². The molecule has 2 fully saturated rings. The summed E-state index contributed by atoms with van der Waals surface area (Å²) in [5.41, 5.74) is 3.67. The van der Waals surface area contributed by atoms with Gasteiger partial charge >= 0.3 is 0 Å². The quantitative estimate of drug-likeness (QED) is 0.208. The van der Waals surface area contributed by atoms with Gasteiger partial charge in [-0.3, -0.25) is 14.4 Å². The zero-order valence-electron chi connectivity index (χ0n) is 24.1. The average Bonchev–Trinajstić information content (AvgIpc) is 3.57. The molecule has 222 valence electrons. The normalized spacial score (nSPS) is 14.5. The third-order valence-electron chi connectivity index (χ3n) is 7.48. The monoisotopic (exact) mass is 574 g/mol. The van der Waals surface area contributed by atoms with Gasteiger partial charge in [-0.25, -0.2) is 4.98 Å². The SMILES string of the molecule is COc1cc(NCCNc2ccccc2C)c(NC(=O)c2coc(C3CC3)n2)cc1C(=O)NCCCN1CCCC1=O. The Labute approximate surface area is 245 Å². The number of benzene rings is 2. The predicted molar refractivity (Wildman–Crippen MR) is 160 cm³/mol. The van der Waals surface area contributed by atoms with Crippen LogP contribution in [-0.2, 0) is 4.79 Å². The molecule has 1 saturated heterocycles. The lowest BCUT2D eigenvalue weighted by atomic mass is 10.1. The van der Waals surface area contributed by atoms with Crippen molar-refractivity contribution in [2.75, 3.05) is 55.8 Å². The zero-order chi connectivity index (χ0) is 29.5. The van der Waals surface area contributed by atoms with E-state index in [1.54, 1.807) is 12.1 Å². The molecule has 1 aliphatic carbocycles. The highest BCUT2D eigenvalue weighted by Crippen LogP contribution is 2.39. The van der Waals surface area contributed by atoms with Crippen molar-refractivity contribution < 1.29 is 23.5 Å². The third kappa shape index (κ3) is 7.20. The minimum Gasteiger partial charge on any atom is -0.496 e. The van der Waals surface area contributed by atoms with E-state index >= 15 is 0 Å². The summed E-state index contributed by atoms with van der Waals surface area (Å²) in [5.74, 6) is 0.624. The number of nitrogens with zero attached hydrogens (tertiary/aromatic N) is 2. The highest BCUT2D eigenvalue weighted by Gasteiger charge is 2.29. The molecule has 0 bridgehead atoms. The third-order valence-corrected chi connectivity index (χ3v) is 7.48. The lowest BCUT2D eigenvalue weighted by Gasteiger charge is -2.18. The summed E-state index contributed by atoms with van der Waals surface area (Å²) >= 11 is 0. The van der Waals surface area contributed by atoms with Gasteiger partial charge in [0.05, 0.1) is 24.0 Å². The number of nitrogens with one attached hydrogen (secondary N) is 4. The van der Waals surface area contributed by atoms with Gasteiger partial charge in [-0.15, -0.1) is 0 Å². The van der Waals surface area contributed by atoms with Crippen LogP contribution < -0.4 is 26.0 Å². The van der Waals surface area contributed by atoms with Crippen LogP contribution in [0.1, 0.15) is 70.3 Å². The molecule has 1 aromatic heterocycles. The molecule has 2 heterocycles. The van der Waals surface area contributed by atoms with Gasteiger partial charge in [0.15, 0.2) is 11.6 Å². The number of hydrogen-bond donors (Lipinski definition) is 4. The topological polar surface area (TPSA) is 138 Å². The van der Waals surface area contributed by atoms with Crippen LogP contribution in [0, 0.1) is 6.92 Å². The molecule has 11 heteroatoms. The Morgan fingerprint density at radius 1 is 1.05 bits per heavy atom. The van der Waals surface area contributed by atoms with Crippen LogP contribution in [0.2, 0.25) is 0 Å². The first-order chi connectivity index (χ1) is 20.4.